The van der Waals surface area contributed by atoms with Crippen LogP contribution >= 0.6 is 11.3 Å². The SMILES string of the molecule is O=C(CCCc1cccs1)N1CCCC(O)(CN2CCCC2)C1. The molecule has 3 heterocycles. The molecule has 2 fully saturated rings. The lowest BCUT2D eigenvalue weighted by Gasteiger charge is -2.41. The highest BCUT2D eigenvalue weighted by Gasteiger charge is 2.36. The van der Waals surface area contributed by atoms with E-state index in [0.29, 0.717) is 13.0 Å². The van der Waals surface area contributed by atoms with Gasteiger partial charge in [0.15, 0.2) is 0 Å². The first-order chi connectivity index (χ1) is 11.1. The maximum Gasteiger partial charge on any atom is 0.222 e. The van der Waals surface area contributed by atoms with Gasteiger partial charge in [-0.05, 0) is 63.1 Å². The van der Waals surface area contributed by atoms with E-state index in [4.69, 9.17) is 0 Å². The lowest BCUT2D eigenvalue weighted by molar-refractivity contribution is -0.139. The van der Waals surface area contributed by atoms with Crippen molar-refractivity contribution in [2.75, 3.05) is 32.7 Å². The number of β-amino-alcohol motifs (C(OH)–C–C–N with tert-alkyl or cyclic N) is 1. The van der Waals surface area contributed by atoms with Crippen molar-refractivity contribution in [1.82, 2.24) is 9.80 Å². The van der Waals surface area contributed by atoms with Crippen molar-refractivity contribution in [2.24, 2.45) is 0 Å². The predicted octanol–water partition coefficient (Wildman–Crippen LogP) is 2.52. The van der Waals surface area contributed by atoms with E-state index < -0.39 is 5.60 Å². The summed E-state index contributed by atoms with van der Waals surface area (Å²) in [6, 6.07) is 4.19. The minimum atomic E-state index is -0.702. The molecule has 1 aromatic rings. The first kappa shape index (κ1) is 16.9. The Bertz CT molecular complexity index is 499. The molecule has 3 rings (SSSR count). The van der Waals surface area contributed by atoms with Crippen LogP contribution in [-0.2, 0) is 11.2 Å². The normalized spacial score (nSPS) is 25.9. The molecule has 1 atom stereocenters. The van der Waals surface area contributed by atoms with Crippen LogP contribution < -0.4 is 0 Å². The van der Waals surface area contributed by atoms with Gasteiger partial charge in [-0.3, -0.25) is 4.79 Å². The van der Waals surface area contributed by atoms with Crippen molar-refractivity contribution in [2.45, 2.75) is 50.5 Å². The third-order valence-electron chi connectivity index (χ3n) is 5.02. The van der Waals surface area contributed by atoms with Gasteiger partial charge in [-0.2, -0.15) is 0 Å². The second-order valence-corrected chi connectivity index (χ2v) is 8.09. The topological polar surface area (TPSA) is 43.8 Å². The van der Waals surface area contributed by atoms with Crippen molar-refractivity contribution in [3.8, 4) is 0 Å². The average Bonchev–Trinajstić information content (AvgIpc) is 3.20. The van der Waals surface area contributed by atoms with E-state index in [1.807, 2.05) is 4.90 Å². The van der Waals surface area contributed by atoms with Gasteiger partial charge < -0.3 is 14.9 Å². The molecule has 0 spiro atoms. The molecule has 2 saturated heterocycles. The number of amides is 1. The van der Waals surface area contributed by atoms with Crippen LogP contribution in [0.3, 0.4) is 0 Å². The number of carbonyl (C=O) groups excluding carboxylic acids is 1. The van der Waals surface area contributed by atoms with Gasteiger partial charge in [-0.15, -0.1) is 11.3 Å². The van der Waals surface area contributed by atoms with Gasteiger partial charge in [-0.25, -0.2) is 0 Å². The number of hydrogen-bond acceptors (Lipinski definition) is 4. The molecule has 23 heavy (non-hydrogen) atoms. The number of rotatable bonds is 6. The zero-order valence-electron chi connectivity index (χ0n) is 13.9. The Hall–Kier alpha value is -0.910. The van der Waals surface area contributed by atoms with Crippen LogP contribution in [0.5, 0.6) is 0 Å². The summed E-state index contributed by atoms with van der Waals surface area (Å²) >= 11 is 1.76. The van der Waals surface area contributed by atoms with Gasteiger partial charge in [0.1, 0.15) is 0 Å². The molecule has 4 nitrogen and oxygen atoms in total. The summed E-state index contributed by atoms with van der Waals surface area (Å²) in [6.45, 7) is 4.24. The number of carbonyl (C=O) groups is 1. The highest BCUT2D eigenvalue weighted by molar-refractivity contribution is 7.09. The number of nitrogens with zero attached hydrogens (tertiary/aromatic N) is 2. The summed E-state index contributed by atoms with van der Waals surface area (Å²) in [5, 5.41) is 13.0. The van der Waals surface area contributed by atoms with Crippen LogP contribution in [-0.4, -0.2) is 59.1 Å². The molecular formula is C18H28N2O2S. The van der Waals surface area contributed by atoms with Crippen molar-refractivity contribution < 1.29 is 9.90 Å². The molecule has 0 bridgehead atoms. The molecule has 1 unspecified atom stereocenters. The van der Waals surface area contributed by atoms with Crippen LogP contribution in [0.4, 0.5) is 0 Å². The fourth-order valence-corrected chi connectivity index (χ4v) is 4.59. The fourth-order valence-electron chi connectivity index (χ4n) is 3.84. The molecule has 0 saturated carbocycles. The summed E-state index contributed by atoms with van der Waals surface area (Å²) < 4.78 is 0. The Morgan fingerprint density at radius 1 is 1.26 bits per heavy atom. The summed E-state index contributed by atoms with van der Waals surface area (Å²) in [4.78, 5) is 18.1. The zero-order chi connectivity index (χ0) is 16.1. The van der Waals surface area contributed by atoms with Gasteiger partial charge in [0.2, 0.25) is 5.91 Å². The minimum absolute atomic E-state index is 0.209. The van der Waals surface area contributed by atoms with Crippen LogP contribution in [0.15, 0.2) is 17.5 Å². The number of aliphatic hydroxyl groups is 1. The summed E-state index contributed by atoms with van der Waals surface area (Å²) in [7, 11) is 0. The number of likely N-dealkylation sites (tertiary alicyclic amines) is 2. The maximum atomic E-state index is 12.5. The number of piperidine rings is 1. The monoisotopic (exact) mass is 336 g/mol. The van der Waals surface area contributed by atoms with Crippen molar-refractivity contribution in [3.05, 3.63) is 22.4 Å². The smallest absolute Gasteiger partial charge is 0.222 e. The Labute approximate surface area is 143 Å². The number of thiophene rings is 1. The van der Waals surface area contributed by atoms with Gasteiger partial charge in [-0.1, -0.05) is 6.07 Å². The molecule has 1 amide bonds. The van der Waals surface area contributed by atoms with Gasteiger partial charge in [0.05, 0.1) is 12.1 Å². The zero-order valence-corrected chi connectivity index (χ0v) is 14.7. The second-order valence-electron chi connectivity index (χ2n) is 7.06. The summed E-state index contributed by atoms with van der Waals surface area (Å²) in [6.07, 6.45) is 6.69. The van der Waals surface area contributed by atoms with E-state index in [0.717, 1.165) is 51.9 Å². The van der Waals surface area contributed by atoms with E-state index in [-0.39, 0.29) is 5.91 Å². The number of aryl methyl sites for hydroxylation is 1. The minimum Gasteiger partial charge on any atom is -0.387 e. The quantitative estimate of drug-likeness (QED) is 0.868. The van der Waals surface area contributed by atoms with Crippen LogP contribution in [0.1, 0.15) is 43.4 Å². The van der Waals surface area contributed by atoms with Crippen LogP contribution in [0, 0.1) is 0 Å². The van der Waals surface area contributed by atoms with Crippen molar-refractivity contribution in [3.63, 3.8) is 0 Å². The highest BCUT2D eigenvalue weighted by atomic mass is 32.1. The van der Waals surface area contributed by atoms with Gasteiger partial charge in [0.25, 0.3) is 0 Å². The largest absolute Gasteiger partial charge is 0.387 e. The fraction of sp³-hybridized carbons (Fsp3) is 0.722. The number of hydrogen-bond donors (Lipinski definition) is 1. The highest BCUT2D eigenvalue weighted by Crippen LogP contribution is 2.25. The Balaban J connectivity index is 1.45. The molecular weight excluding hydrogens is 308 g/mol. The lowest BCUT2D eigenvalue weighted by Crippen LogP contribution is -2.55. The van der Waals surface area contributed by atoms with Crippen molar-refractivity contribution >= 4 is 17.2 Å². The molecule has 2 aliphatic heterocycles. The van der Waals surface area contributed by atoms with E-state index in [1.54, 1.807) is 11.3 Å². The van der Waals surface area contributed by atoms with Crippen molar-refractivity contribution in [1.29, 1.82) is 0 Å². The Kier molecular flexibility index (Phi) is 5.72. The Morgan fingerprint density at radius 3 is 2.83 bits per heavy atom. The second kappa shape index (κ2) is 7.77. The third kappa shape index (κ3) is 4.78. The molecule has 0 radical (unpaired) electrons. The molecule has 1 aromatic heterocycles. The van der Waals surface area contributed by atoms with E-state index in [2.05, 4.69) is 22.4 Å². The molecule has 0 aromatic carbocycles. The van der Waals surface area contributed by atoms with E-state index in [1.165, 1.54) is 17.7 Å². The first-order valence-corrected chi connectivity index (χ1v) is 9.78. The van der Waals surface area contributed by atoms with Gasteiger partial charge >= 0.3 is 0 Å². The lowest BCUT2D eigenvalue weighted by atomic mass is 9.92. The van der Waals surface area contributed by atoms with E-state index in [9.17, 15) is 9.90 Å². The molecule has 2 aliphatic rings. The summed E-state index contributed by atoms with van der Waals surface area (Å²) in [5.41, 5.74) is -0.702. The first-order valence-electron chi connectivity index (χ1n) is 8.90. The van der Waals surface area contributed by atoms with Crippen LogP contribution in [0.25, 0.3) is 0 Å². The average molecular weight is 337 g/mol. The van der Waals surface area contributed by atoms with E-state index >= 15 is 0 Å². The summed E-state index contributed by atoms with van der Waals surface area (Å²) in [5.74, 6) is 0.209. The van der Waals surface area contributed by atoms with Gasteiger partial charge in [0, 0.05) is 24.4 Å². The predicted molar refractivity (Wildman–Crippen MR) is 93.7 cm³/mol. The maximum absolute atomic E-state index is 12.5. The molecule has 128 valence electrons. The third-order valence-corrected chi connectivity index (χ3v) is 5.95. The standard InChI is InChI=1S/C18H28N2O2S/c21-17(8-3-6-16-7-4-13-23-16)20-12-5-9-18(22,15-20)14-19-10-1-2-11-19/h4,7,13,22H,1-3,5-6,8-12,14-15H2. The molecule has 0 aliphatic carbocycles. The van der Waals surface area contributed by atoms with Crippen LogP contribution in [0.2, 0.25) is 0 Å². The Morgan fingerprint density at radius 2 is 2.09 bits per heavy atom. The molecule has 1 N–H and O–H groups in total. The molecule has 5 heteroatoms.